The van der Waals surface area contributed by atoms with Gasteiger partial charge in [-0.3, -0.25) is 19.3 Å². The molecule has 1 aliphatic rings. The van der Waals surface area contributed by atoms with Crippen LogP contribution in [0.15, 0.2) is 35.5 Å². The van der Waals surface area contributed by atoms with Gasteiger partial charge >= 0.3 is 12.1 Å². The average molecular weight is 355 g/mol. The molecule has 8 heteroatoms. The van der Waals surface area contributed by atoms with E-state index in [4.69, 9.17) is 0 Å². The van der Waals surface area contributed by atoms with Gasteiger partial charge in [0.1, 0.15) is 0 Å². The SMILES string of the molecule is COC(=O)C1CC(=O)N(c2cccc(C(F)(F)F)c2)C(C)=C1C(C)=O. The molecule has 1 atom stereocenters. The first-order valence-corrected chi connectivity index (χ1v) is 7.37. The van der Waals surface area contributed by atoms with Crippen LogP contribution in [0.1, 0.15) is 25.8 Å². The normalized spacial score (nSPS) is 18.4. The summed E-state index contributed by atoms with van der Waals surface area (Å²) in [6, 6.07) is 4.24. The van der Waals surface area contributed by atoms with Gasteiger partial charge in [0, 0.05) is 23.4 Å². The third-order valence-corrected chi connectivity index (χ3v) is 4.00. The van der Waals surface area contributed by atoms with Crippen LogP contribution in [0.2, 0.25) is 0 Å². The standard InChI is InChI=1S/C17H16F3NO4/c1-9-15(10(2)22)13(16(24)25-3)8-14(23)21(9)12-6-4-5-11(7-12)17(18,19)20/h4-7,13H,8H2,1-3H3. The number of allylic oxidation sites excluding steroid dienone is 1. The number of nitrogens with zero attached hydrogens (tertiary/aromatic N) is 1. The van der Waals surface area contributed by atoms with Crippen molar-refractivity contribution in [3.63, 3.8) is 0 Å². The molecule has 0 aromatic heterocycles. The van der Waals surface area contributed by atoms with Crippen molar-refractivity contribution in [1.82, 2.24) is 0 Å². The number of hydrogen-bond donors (Lipinski definition) is 0. The maximum absolute atomic E-state index is 12.9. The Balaban J connectivity index is 2.59. The van der Waals surface area contributed by atoms with E-state index in [1.54, 1.807) is 0 Å². The zero-order chi connectivity index (χ0) is 18.9. The predicted octanol–water partition coefficient (Wildman–Crippen LogP) is 3.09. The molecule has 25 heavy (non-hydrogen) atoms. The minimum Gasteiger partial charge on any atom is -0.469 e. The molecule has 1 heterocycles. The molecular formula is C17H16F3NO4. The molecule has 0 saturated heterocycles. The van der Waals surface area contributed by atoms with E-state index in [0.717, 1.165) is 24.1 Å². The Hall–Kier alpha value is -2.64. The summed E-state index contributed by atoms with van der Waals surface area (Å²) in [7, 11) is 1.14. The van der Waals surface area contributed by atoms with E-state index >= 15 is 0 Å². The number of carbonyl (C=O) groups is 3. The van der Waals surface area contributed by atoms with Gasteiger partial charge in [-0.05, 0) is 32.0 Å². The molecule has 0 radical (unpaired) electrons. The third kappa shape index (κ3) is 3.57. The average Bonchev–Trinajstić information content (AvgIpc) is 2.52. The molecule has 134 valence electrons. The molecule has 0 N–H and O–H groups in total. The molecule has 5 nitrogen and oxygen atoms in total. The van der Waals surface area contributed by atoms with Crippen LogP contribution in [-0.4, -0.2) is 24.8 Å². The van der Waals surface area contributed by atoms with E-state index in [9.17, 15) is 27.6 Å². The monoisotopic (exact) mass is 355 g/mol. The van der Waals surface area contributed by atoms with Gasteiger partial charge in [0.05, 0.1) is 18.6 Å². The van der Waals surface area contributed by atoms with E-state index in [1.807, 2.05) is 0 Å². The number of ketones is 1. The zero-order valence-corrected chi connectivity index (χ0v) is 13.8. The minimum absolute atomic E-state index is 0.0145. The Kier molecular flexibility index (Phi) is 5.01. The number of methoxy groups -OCH3 is 1. The molecule has 0 spiro atoms. The number of rotatable bonds is 3. The van der Waals surface area contributed by atoms with Crippen molar-refractivity contribution in [3.8, 4) is 0 Å². The number of anilines is 1. The molecule has 1 aliphatic heterocycles. The van der Waals surface area contributed by atoms with Crippen molar-refractivity contribution >= 4 is 23.3 Å². The van der Waals surface area contributed by atoms with Crippen molar-refractivity contribution in [2.24, 2.45) is 5.92 Å². The van der Waals surface area contributed by atoms with Crippen molar-refractivity contribution in [3.05, 3.63) is 41.1 Å². The highest BCUT2D eigenvalue weighted by Gasteiger charge is 2.39. The lowest BCUT2D eigenvalue weighted by Crippen LogP contribution is -2.41. The maximum Gasteiger partial charge on any atom is 0.416 e. The van der Waals surface area contributed by atoms with Gasteiger partial charge in [0.25, 0.3) is 0 Å². The van der Waals surface area contributed by atoms with Gasteiger partial charge in [-0.25, -0.2) is 0 Å². The van der Waals surface area contributed by atoms with E-state index in [0.29, 0.717) is 0 Å². The largest absolute Gasteiger partial charge is 0.469 e. The highest BCUT2D eigenvalue weighted by molar-refractivity contribution is 6.08. The Morgan fingerprint density at radius 3 is 2.44 bits per heavy atom. The number of esters is 1. The second-order valence-electron chi connectivity index (χ2n) is 5.61. The van der Waals surface area contributed by atoms with E-state index in [1.165, 1.54) is 26.0 Å². The van der Waals surface area contributed by atoms with Crippen LogP contribution >= 0.6 is 0 Å². The molecule has 2 rings (SSSR count). The van der Waals surface area contributed by atoms with Crippen molar-refractivity contribution in [1.29, 1.82) is 0 Å². The van der Waals surface area contributed by atoms with Crippen LogP contribution < -0.4 is 4.90 Å². The highest BCUT2D eigenvalue weighted by atomic mass is 19.4. The number of benzene rings is 1. The molecule has 1 unspecified atom stereocenters. The van der Waals surface area contributed by atoms with Crippen LogP contribution in [-0.2, 0) is 25.3 Å². The van der Waals surface area contributed by atoms with Crippen LogP contribution in [0, 0.1) is 5.92 Å². The molecule has 1 amide bonds. The number of hydrogen-bond acceptors (Lipinski definition) is 4. The van der Waals surface area contributed by atoms with E-state index in [-0.39, 0.29) is 23.4 Å². The second kappa shape index (κ2) is 6.70. The summed E-state index contributed by atoms with van der Waals surface area (Å²) in [6.45, 7) is 2.65. The van der Waals surface area contributed by atoms with Gasteiger partial charge in [-0.2, -0.15) is 13.2 Å². The molecule has 0 bridgehead atoms. The smallest absolute Gasteiger partial charge is 0.416 e. The van der Waals surface area contributed by atoms with Gasteiger partial charge in [-0.1, -0.05) is 6.07 Å². The number of ether oxygens (including phenoxy) is 1. The number of carbonyl (C=O) groups excluding carboxylic acids is 3. The first kappa shape index (κ1) is 18.7. The quantitative estimate of drug-likeness (QED) is 0.782. The van der Waals surface area contributed by atoms with Gasteiger partial charge < -0.3 is 4.74 Å². The van der Waals surface area contributed by atoms with Crippen LogP contribution in [0.4, 0.5) is 18.9 Å². The summed E-state index contributed by atoms with van der Waals surface area (Å²) < 4.78 is 43.4. The number of amides is 1. The molecule has 1 aromatic rings. The fourth-order valence-electron chi connectivity index (χ4n) is 2.93. The lowest BCUT2D eigenvalue weighted by atomic mass is 9.87. The van der Waals surface area contributed by atoms with Crippen molar-refractivity contribution in [2.75, 3.05) is 12.0 Å². The third-order valence-electron chi connectivity index (χ3n) is 4.00. The summed E-state index contributed by atoms with van der Waals surface area (Å²) in [6.07, 6.45) is -4.92. The predicted molar refractivity (Wildman–Crippen MR) is 82.4 cm³/mol. The van der Waals surface area contributed by atoms with E-state index < -0.39 is 35.3 Å². The first-order chi connectivity index (χ1) is 11.6. The lowest BCUT2D eigenvalue weighted by Gasteiger charge is -2.33. The fourth-order valence-corrected chi connectivity index (χ4v) is 2.93. The summed E-state index contributed by atoms with van der Waals surface area (Å²) >= 11 is 0. The Morgan fingerprint density at radius 1 is 1.28 bits per heavy atom. The van der Waals surface area contributed by atoms with Crippen LogP contribution in [0.5, 0.6) is 0 Å². The number of Topliss-reactive ketones (excluding diaryl/α,β-unsaturated/α-hetero) is 1. The fraction of sp³-hybridized carbons (Fsp3) is 0.353. The Labute approximate surface area is 142 Å². The summed E-state index contributed by atoms with van der Waals surface area (Å²) in [5.74, 6) is -2.83. The van der Waals surface area contributed by atoms with Gasteiger partial charge in [0.15, 0.2) is 5.78 Å². The highest BCUT2D eigenvalue weighted by Crippen LogP contribution is 2.36. The molecule has 1 aromatic carbocycles. The summed E-state index contributed by atoms with van der Waals surface area (Å²) in [4.78, 5) is 37.3. The Morgan fingerprint density at radius 2 is 1.92 bits per heavy atom. The van der Waals surface area contributed by atoms with Crippen LogP contribution in [0.3, 0.4) is 0 Å². The van der Waals surface area contributed by atoms with Gasteiger partial charge in [0.2, 0.25) is 5.91 Å². The first-order valence-electron chi connectivity index (χ1n) is 7.37. The second-order valence-corrected chi connectivity index (χ2v) is 5.61. The molecule has 0 aliphatic carbocycles. The maximum atomic E-state index is 12.9. The Bertz CT molecular complexity index is 767. The number of halogens is 3. The van der Waals surface area contributed by atoms with Crippen molar-refractivity contribution in [2.45, 2.75) is 26.4 Å². The molecule has 0 fully saturated rings. The van der Waals surface area contributed by atoms with Crippen LogP contribution in [0.25, 0.3) is 0 Å². The van der Waals surface area contributed by atoms with Gasteiger partial charge in [-0.15, -0.1) is 0 Å². The van der Waals surface area contributed by atoms with E-state index in [2.05, 4.69) is 4.74 Å². The molecular weight excluding hydrogens is 339 g/mol. The summed E-state index contributed by atoms with van der Waals surface area (Å²) in [5.41, 5.74) is -0.744. The summed E-state index contributed by atoms with van der Waals surface area (Å²) in [5, 5.41) is 0. The van der Waals surface area contributed by atoms with Crippen molar-refractivity contribution < 1.29 is 32.3 Å². The minimum atomic E-state index is -4.57. The molecule has 0 saturated carbocycles. The number of alkyl halides is 3. The lowest BCUT2D eigenvalue weighted by molar-refractivity contribution is -0.146. The topological polar surface area (TPSA) is 63.7 Å². The zero-order valence-electron chi connectivity index (χ0n) is 13.8.